The molecule has 0 unspecified atom stereocenters. The van der Waals surface area contributed by atoms with Gasteiger partial charge in [0, 0.05) is 11.3 Å². The van der Waals surface area contributed by atoms with Crippen molar-refractivity contribution >= 4 is 24.0 Å². The summed E-state index contributed by atoms with van der Waals surface area (Å²) in [6.07, 6.45) is 0.880. The molecule has 0 aromatic heterocycles. The summed E-state index contributed by atoms with van der Waals surface area (Å²) in [5.74, 6) is -0.910. The second-order valence-corrected chi connectivity index (χ2v) is 18.6. The summed E-state index contributed by atoms with van der Waals surface area (Å²) in [5, 5.41) is 12.5. The first-order chi connectivity index (χ1) is 16.6. The second-order valence-electron chi connectivity index (χ2n) is 11.8. The quantitative estimate of drug-likeness (QED) is 0.273. The maximum atomic E-state index is 14.7. The first-order valence-corrected chi connectivity index (χ1v) is 17.6. The van der Waals surface area contributed by atoms with Gasteiger partial charge in [-0.1, -0.05) is 57.9 Å². The van der Waals surface area contributed by atoms with Crippen LogP contribution in [0.25, 0.3) is 0 Å². The molecule has 1 aliphatic carbocycles. The first-order valence-electron chi connectivity index (χ1n) is 13.1. The van der Waals surface area contributed by atoms with Crippen LogP contribution in [0.3, 0.4) is 0 Å². The number of esters is 1. The molecular formula is C28H47NO5SSi. The molecule has 1 saturated carbocycles. The Bertz CT molecular complexity index is 1030. The minimum absolute atomic E-state index is 0.0647. The molecule has 1 fully saturated rings. The van der Waals surface area contributed by atoms with Gasteiger partial charge in [-0.05, 0) is 69.3 Å². The van der Waals surface area contributed by atoms with E-state index in [1.165, 1.54) is 0 Å². The van der Waals surface area contributed by atoms with Crippen LogP contribution in [-0.2, 0) is 23.7 Å². The van der Waals surface area contributed by atoms with E-state index >= 15 is 0 Å². The van der Waals surface area contributed by atoms with Gasteiger partial charge in [0.15, 0.2) is 14.4 Å². The van der Waals surface area contributed by atoms with Crippen LogP contribution >= 0.6 is 0 Å². The molecule has 0 heterocycles. The van der Waals surface area contributed by atoms with Crippen LogP contribution in [0.1, 0.15) is 66.4 Å². The lowest BCUT2D eigenvalue weighted by molar-refractivity contribution is -0.155. The number of aliphatic hydroxyl groups is 1. The lowest BCUT2D eigenvalue weighted by atomic mass is 9.97. The Morgan fingerprint density at radius 2 is 1.86 bits per heavy atom. The molecule has 0 radical (unpaired) electrons. The molecule has 0 spiro atoms. The number of aryl methyl sites for hydroxylation is 1. The van der Waals surface area contributed by atoms with E-state index in [1.807, 2.05) is 31.2 Å². The largest absolute Gasteiger partial charge is 0.464 e. The molecule has 1 aromatic carbocycles. The van der Waals surface area contributed by atoms with Gasteiger partial charge in [-0.3, -0.25) is 0 Å². The number of benzene rings is 1. The molecule has 0 amide bonds. The highest BCUT2D eigenvalue weighted by Crippen LogP contribution is 2.38. The highest BCUT2D eigenvalue weighted by atomic mass is 32.2. The summed E-state index contributed by atoms with van der Waals surface area (Å²) in [4.78, 5) is 12.9. The van der Waals surface area contributed by atoms with Crippen LogP contribution in [0, 0.1) is 18.8 Å². The molecule has 204 valence electrons. The van der Waals surface area contributed by atoms with Crippen molar-refractivity contribution in [1.82, 2.24) is 0 Å². The van der Waals surface area contributed by atoms with Crippen molar-refractivity contribution in [2.45, 2.75) is 103 Å². The van der Waals surface area contributed by atoms with Crippen LogP contribution in [-0.4, -0.2) is 49.0 Å². The number of aliphatic hydroxyl groups excluding tert-OH is 1. The molecule has 6 nitrogen and oxygen atoms in total. The Balaban J connectivity index is 2.56. The molecule has 1 N–H and O–H groups in total. The van der Waals surface area contributed by atoms with Crippen LogP contribution in [0.4, 0.5) is 0 Å². The fourth-order valence-electron chi connectivity index (χ4n) is 3.95. The minimum atomic E-state index is -2.98. The number of ether oxygens (including phenoxy) is 1. The zero-order chi connectivity index (χ0) is 27.3. The van der Waals surface area contributed by atoms with Crippen LogP contribution in [0.2, 0.25) is 18.1 Å². The number of nitrogens with zero attached hydrogens (tertiary/aromatic N) is 1. The van der Waals surface area contributed by atoms with E-state index in [2.05, 4.69) is 47.7 Å². The highest BCUT2D eigenvalue weighted by Gasteiger charge is 2.38. The van der Waals surface area contributed by atoms with Crippen molar-refractivity contribution in [1.29, 1.82) is 0 Å². The van der Waals surface area contributed by atoms with E-state index in [1.54, 1.807) is 12.3 Å². The van der Waals surface area contributed by atoms with E-state index in [0.29, 0.717) is 24.3 Å². The maximum Gasteiger partial charge on any atom is 0.335 e. The van der Waals surface area contributed by atoms with Gasteiger partial charge in [-0.25, -0.2) is 13.4 Å². The predicted octanol–water partition coefficient (Wildman–Crippen LogP) is 6.48. The average molecular weight is 538 g/mol. The Labute approximate surface area is 220 Å². The van der Waals surface area contributed by atoms with Gasteiger partial charge in [0.1, 0.15) is 0 Å². The molecule has 0 aliphatic heterocycles. The molecule has 1 aliphatic rings. The van der Waals surface area contributed by atoms with E-state index in [4.69, 9.17) is 13.5 Å². The SMILES string of the molecule is CCOC(=O)[C@H](O)[C@@H]1CCC/C1=C/[S@@](=O)(=N[C@@H](CO[Si](C)(C)C(C)(C)C)C(C)C)c1ccc(C)cc1. The van der Waals surface area contributed by atoms with Gasteiger partial charge < -0.3 is 14.3 Å². The molecular weight excluding hydrogens is 490 g/mol. The fraction of sp³-hybridized carbons (Fsp3) is 0.679. The summed E-state index contributed by atoms with van der Waals surface area (Å²) in [5.41, 5.74) is 1.89. The third kappa shape index (κ3) is 7.76. The molecule has 1 aromatic rings. The standard InChI is InChI=1S/C28H47NO5SSi/c1-10-33-27(31)26(30)24-13-11-12-22(24)19-35(32,23-16-14-21(4)15-17-23)29-25(20(2)3)18-34-36(8,9)28(5,6)7/h14-17,19-20,24-26,30H,10-13,18H2,1-9H3/b22-19-/t24-,25+,26-,35+/m1/s1. The van der Waals surface area contributed by atoms with E-state index < -0.39 is 36.0 Å². The van der Waals surface area contributed by atoms with Crippen molar-refractivity contribution in [2.24, 2.45) is 16.2 Å². The van der Waals surface area contributed by atoms with Gasteiger partial charge >= 0.3 is 5.97 Å². The fourth-order valence-corrected chi connectivity index (χ4v) is 7.22. The van der Waals surface area contributed by atoms with Crippen LogP contribution in [0.15, 0.2) is 44.5 Å². The summed E-state index contributed by atoms with van der Waals surface area (Å²) < 4.78 is 31.2. The molecule has 2 rings (SSSR count). The topological polar surface area (TPSA) is 85.2 Å². The van der Waals surface area contributed by atoms with E-state index in [9.17, 15) is 14.1 Å². The number of hydrogen-bond donors (Lipinski definition) is 1. The van der Waals surface area contributed by atoms with Crippen LogP contribution in [0.5, 0.6) is 0 Å². The normalized spacial score (nSPS) is 21.3. The molecule has 36 heavy (non-hydrogen) atoms. The zero-order valence-corrected chi connectivity index (χ0v) is 25.5. The average Bonchev–Trinajstić information content (AvgIpc) is 3.23. The van der Waals surface area contributed by atoms with Crippen molar-refractivity contribution in [3.8, 4) is 0 Å². The number of carbonyl (C=O) groups excluding carboxylic acids is 1. The molecule has 0 bridgehead atoms. The molecule has 8 heteroatoms. The zero-order valence-electron chi connectivity index (χ0n) is 23.7. The number of rotatable bonds is 10. The third-order valence-electron chi connectivity index (χ3n) is 7.52. The Morgan fingerprint density at radius 3 is 2.39 bits per heavy atom. The van der Waals surface area contributed by atoms with Crippen molar-refractivity contribution < 1.29 is 23.3 Å². The second kappa shape index (κ2) is 12.4. The number of hydrogen-bond acceptors (Lipinski definition) is 6. The summed E-state index contributed by atoms with van der Waals surface area (Å²) in [6, 6.07) is 7.37. The van der Waals surface area contributed by atoms with E-state index in [-0.39, 0.29) is 23.6 Å². The van der Waals surface area contributed by atoms with E-state index in [0.717, 1.165) is 17.6 Å². The minimum Gasteiger partial charge on any atom is -0.464 e. The summed E-state index contributed by atoms with van der Waals surface area (Å²) in [7, 11) is -5.00. The Kier molecular flexibility index (Phi) is 10.6. The van der Waals surface area contributed by atoms with Gasteiger partial charge in [0.05, 0.1) is 33.9 Å². The van der Waals surface area contributed by atoms with Crippen molar-refractivity contribution in [2.75, 3.05) is 13.2 Å². The smallest absolute Gasteiger partial charge is 0.335 e. The summed E-state index contributed by atoms with van der Waals surface area (Å²) >= 11 is 0. The molecule has 0 saturated heterocycles. The third-order valence-corrected chi connectivity index (χ3v) is 14.2. The first kappa shape index (κ1) is 30.7. The lowest BCUT2D eigenvalue weighted by Gasteiger charge is -2.37. The van der Waals surface area contributed by atoms with Gasteiger partial charge in [-0.15, -0.1) is 0 Å². The maximum absolute atomic E-state index is 14.7. The highest BCUT2D eigenvalue weighted by molar-refractivity contribution is 7.96. The lowest BCUT2D eigenvalue weighted by Crippen LogP contribution is -2.43. The molecule has 4 atom stereocenters. The van der Waals surface area contributed by atoms with Crippen molar-refractivity contribution in [3.05, 3.63) is 40.8 Å². The summed E-state index contributed by atoms with van der Waals surface area (Å²) in [6.45, 7) is 19.5. The van der Waals surface area contributed by atoms with Gasteiger partial charge in [-0.2, -0.15) is 0 Å². The predicted molar refractivity (Wildman–Crippen MR) is 150 cm³/mol. The van der Waals surface area contributed by atoms with Gasteiger partial charge in [0.2, 0.25) is 0 Å². The Hall–Kier alpha value is -1.48. The number of carbonyl (C=O) groups is 1. The van der Waals surface area contributed by atoms with Crippen LogP contribution < -0.4 is 0 Å². The monoisotopic (exact) mass is 537 g/mol. The van der Waals surface area contributed by atoms with Crippen molar-refractivity contribution in [3.63, 3.8) is 0 Å². The Morgan fingerprint density at radius 1 is 1.25 bits per heavy atom. The van der Waals surface area contributed by atoms with Gasteiger partial charge in [0.25, 0.3) is 0 Å².